The zero-order valence-corrected chi connectivity index (χ0v) is 22.1. The highest BCUT2D eigenvalue weighted by molar-refractivity contribution is 7.92. The lowest BCUT2D eigenvalue weighted by atomic mass is 9.91. The zero-order chi connectivity index (χ0) is 27.6. The van der Waals surface area contributed by atoms with Crippen LogP contribution in [0.2, 0.25) is 0 Å². The van der Waals surface area contributed by atoms with Gasteiger partial charge >= 0.3 is 5.97 Å². The van der Waals surface area contributed by atoms with Crippen LogP contribution in [0.4, 0.5) is 17.1 Å². The number of aromatic hydroxyl groups is 1. The average molecular weight is 539 g/mol. The van der Waals surface area contributed by atoms with Crippen molar-refractivity contribution in [2.75, 3.05) is 17.1 Å². The number of hydrogen-bond donors (Lipinski definition) is 3. The summed E-state index contributed by atoms with van der Waals surface area (Å²) in [6.07, 6.45) is 0. The minimum atomic E-state index is -4.06. The van der Waals surface area contributed by atoms with Crippen LogP contribution in [-0.2, 0) is 14.8 Å². The summed E-state index contributed by atoms with van der Waals surface area (Å²) in [5.74, 6) is -1.01. The van der Waals surface area contributed by atoms with E-state index >= 15 is 0 Å². The Morgan fingerprint density at radius 3 is 2.15 bits per heavy atom. The first-order chi connectivity index (χ1) is 18.8. The number of phenols is 1. The maximum atomic E-state index is 13.3. The lowest BCUT2D eigenvalue weighted by Crippen LogP contribution is -2.17. The number of benzene rings is 5. The second kappa shape index (κ2) is 10.5. The number of nitrogens with one attached hydrogen (secondary N) is 2. The van der Waals surface area contributed by atoms with Gasteiger partial charge in [0, 0.05) is 22.5 Å². The fraction of sp³-hybridized carbons (Fsp3) is 0.0645. The van der Waals surface area contributed by atoms with Gasteiger partial charge in [0.25, 0.3) is 10.0 Å². The maximum Gasteiger partial charge on any atom is 0.340 e. The van der Waals surface area contributed by atoms with E-state index in [1.165, 1.54) is 31.4 Å². The third-order valence-corrected chi connectivity index (χ3v) is 7.76. The summed E-state index contributed by atoms with van der Waals surface area (Å²) in [7, 11) is -2.85. The number of anilines is 3. The Kier molecular flexibility index (Phi) is 6.96. The van der Waals surface area contributed by atoms with Gasteiger partial charge in [-0.05, 0) is 60.2 Å². The van der Waals surface area contributed by atoms with Crippen molar-refractivity contribution in [3.05, 3.63) is 114 Å². The van der Waals surface area contributed by atoms with Crippen molar-refractivity contribution >= 4 is 43.8 Å². The smallest absolute Gasteiger partial charge is 0.340 e. The van der Waals surface area contributed by atoms with Crippen LogP contribution in [0.1, 0.15) is 15.9 Å². The molecule has 7 nitrogen and oxygen atoms in total. The first kappa shape index (κ1) is 25.8. The van der Waals surface area contributed by atoms with Crippen molar-refractivity contribution in [3.63, 3.8) is 0 Å². The first-order valence-corrected chi connectivity index (χ1v) is 13.6. The van der Waals surface area contributed by atoms with Crippen LogP contribution in [-0.4, -0.2) is 26.6 Å². The van der Waals surface area contributed by atoms with Crippen molar-refractivity contribution in [2.24, 2.45) is 0 Å². The second-order valence-electron chi connectivity index (χ2n) is 8.99. The van der Waals surface area contributed by atoms with E-state index in [4.69, 9.17) is 4.74 Å². The molecule has 0 fully saturated rings. The van der Waals surface area contributed by atoms with Crippen molar-refractivity contribution in [3.8, 4) is 16.9 Å². The van der Waals surface area contributed by atoms with E-state index in [9.17, 15) is 18.3 Å². The quantitative estimate of drug-likeness (QED) is 0.155. The molecule has 0 aliphatic heterocycles. The Morgan fingerprint density at radius 2 is 1.44 bits per heavy atom. The maximum absolute atomic E-state index is 13.3. The molecular formula is C31H26N2O5S. The fourth-order valence-electron chi connectivity index (χ4n) is 4.49. The SMILES string of the molecule is COC(=O)c1c(NS(=O)(=O)c2ccc(C)cc2)ccc(O)c1-c1c(Nc2ccccc2)ccc2ccccc12. The summed E-state index contributed by atoms with van der Waals surface area (Å²) in [6, 6.07) is 29.9. The Morgan fingerprint density at radius 1 is 0.769 bits per heavy atom. The van der Waals surface area contributed by atoms with E-state index in [-0.39, 0.29) is 27.5 Å². The molecule has 5 aromatic carbocycles. The molecule has 0 saturated carbocycles. The second-order valence-corrected chi connectivity index (χ2v) is 10.7. The zero-order valence-electron chi connectivity index (χ0n) is 21.3. The van der Waals surface area contributed by atoms with Crippen molar-refractivity contribution in [2.45, 2.75) is 11.8 Å². The lowest BCUT2D eigenvalue weighted by Gasteiger charge is -2.21. The first-order valence-electron chi connectivity index (χ1n) is 12.2. The molecule has 196 valence electrons. The highest BCUT2D eigenvalue weighted by atomic mass is 32.2. The average Bonchev–Trinajstić information content (AvgIpc) is 2.94. The Labute approximate surface area is 226 Å². The minimum absolute atomic E-state index is 0.0196. The molecule has 39 heavy (non-hydrogen) atoms. The molecule has 0 heterocycles. The highest BCUT2D eigenvalue weighted by Gasteiger charge is 2.27. The monoisotopic (exact) mass is 538 g/mol. The molecular weight excluding hydrogens is 512 g/mol. The summed E-state index contributed by atoms with van der Waals surface area (Å²) < 4.78 is 34.2. The summed E-state index contributed by atoms with van der Waals surface area (Å²) >= 11 is 0. The van der Waals surface area contributed by atoms with Gasteiger partial charge in [-0.1, -0.05) is 66.2 Å². The van der Waals surface area contributed by atoms with Crippen molar-refractivity contribution in [1.82, 2.24) is 0 Å². The van der Waals surface area contributed by atoms with Gasteiger partial charge in [0.2, 0.25) is 0 Å². The molecule has 0 spiro atoms. The Bertz CT molecular complexity index is 1780. The predicted octanol–water partition coefficient (Wildman–Crippen LogP) is 6.85. The molecule has 0 unspecified atom stereocenters. The van der Waals surface area contributed by atoms with Gasteiger partial charge in [0.05, 0.1) is 23.3 Å². The Hall–Kier alpha value is -4.82. The van der Waals surface area contributed by atoms with Gasteiger partial charge in [-0.15, -0.1) is 0 Å². The van der Waals surface area contributed by atoms with Gasteiger partial charge < -0.3 is 15.2 Å². The molecule has 0 amide bonds. The standard InChI is InChI=1S/C31H26N2O5S/c1-20-12-15-23(16-13-20)39(36,37)33-26-18-19-27(34)30(29(26)31(35)38-2)28-24-11-7-6-8-21(24)14-17-25(28)32-22-9-4-3-5-10-22/h3-19,32-34H,1-2H3. The van der Waals surface area contributed by atoms with Crippen LogP contribution in [0.15, 0.2) is 108 Å². The number of hydrogen-bond acceptors (Lipinski definition) is 6. The van der Waals surface area contributed by atoms with Crippen LogP contribution in [0, 0.1) is 6.92 Å². The summed E-state index contributed by atoms with van der Waals surface area (Å²) in [6.45, 7) is 1.86. The molecule has 0 aliphatic rings. The largest absolute Gasteiger partial charge is 0.507 e. The fourth-order valence-corrected chi connectivity index (χ4v) is 5.56. The van der Waals surface area contributed by atoms with E-state index < -0.39 is 16.0 Å². The van der Waals surface area contributed by atoms with Crippen LogP contribution in [0.5, 0.6) is 5.75 Å². The van der Waals surface area contributed by atoms with Gasteiger partial charge in [-0.25, -0.2) is 13.2 Å². The normalized spacial score (nSPS) is 11.2. The third-order valence-electron chi connectivity index (χ3n) is 6.38. The number of phenolic OH excluding ortho intramolecular Hbond substituents is 1. The van der Waals surface area contributed by atoms with Gasteiger partial charge in [0.15, 0.2) is 0 Å². The number of fused-ring (bicyclic) bond motifs is 1. The van der Waals surface area contributed by atoms with Gasteiger partial charge in [0.1, 0.15) is 5.75 Å². The van der Waals surface area contributed by atoms with E-state index in [1.807, 2.05) is 73.7 Å². The lowest BCUT2D eigenvalue weighted by molar-refractivity contribution is 0.0602. The molecule has 0 aliphatic carbocycles. The van der Waals surface area contributed by atoms with Crippen molar-refractivity contribution < 1.29 is 23.1 Å². The topological polar surface area (TPSA) is 105 Å². The molecule has 5 aromatic rings. The summed E-state index contributed by atoms with van der Waals surface area (Å²) in [5.41, 5.74) is 2.84. The van der Waals surface area contributed by atoms with E-state index in [1.54, 1.807) is 12.1 Å². The molecule has 0 radical (unpaired) electrons. The number of methoxy groups -OCH3 is 1. The van der Waals surface area contributed by atoms with Crippen LogP contribution in [0.25, 0.3) is 21.9 Å². The number of carbonyl (C=O) groups excluding carboxylic acids is 1. The van der Waals surface area contributed by atoms with Gasteiger partial charge in [-0.3, -0.25) is 4.72 Å². The number of ether oxygens (including phenoxy) is 1. The Balaban J connectivity index is 1.76. The number of aryl methyl sites for hydroxylation is 1. The molecule has 5 rings (SSSR count). The number of carbonyl (C=O) groups is 1. The predicted molar refractivity (Wildman–Crippen MR) is 154 cm³/mol. The van der Waals surface area contributed by atoms with Gasteiger partial charge in [-0.2, -0.15) is 0 Å². The molecule has 8 heteroatoms. The number of rotatable bonds is 7. The van der Waals surface area contributed by atoms with Crippen LogP contribution >= 0.6 is 0 Å². The molecule has 3 N–H and O–H groups in total. The third kappa shape index (κ3) is 5.15. The summed E-state index contributed by atoms with van der Waals surface area (Å²) in [4.78, 5) is 13.3. The van der Waals surface area contributed by atoms with Crippen molar-refractivity contribution in [1.29, 1.82) is 0 Å². The van der Waals surface area contributed by atoms with E-state index in [2.05, 4.69) is 10.0 Å². The van der Waals surface area contributed by atoms with Crippen LogP contribution < -0.4 is 10.0 Å². The van der Waals surface area contributed by atoms with E-state index in [0.717, 1.165) is 22.0 Å². The number of sulfonamides is 1. The number of esters is 1. The molecule has 0 saturated heterocycles. The number of para-hydroxylation sites is 1. The molecule has 0 bridgehead atoms. The molecule has 0 aromatic heterocycles. The van der Waals surface area contributed by atoms with E-state index in [0.29, 0.717) is 11.3 Å². The van der Waals surface area contributed by atoms with Crippen LogP contribution in [0.3, 0.4) is 0 Å². The molecule has 0 atom stereocenters. The summed E-state index contributed by atoms with van der Waals surface area (Å²) in [5, 5.41) is 16.2. The minimum Gasteiger partial charge on any atom is -0.507 e. The highest BCUT2D eigenvalue weighted by Crippen LogP contribution is 2.45.